The van der Waals surface area contributed by atoms with E-state index in [0.29, 0.717) is 11.4 Å². The van der Waals surface area contributed by atoms with E-state index >= 15 is 0 Å². The Morgan fingerprint density at radius 2 is 1.78 bits per heavy atom. The summed E-state index contributed by atoms with van der Waals surface area (Å²) in [6, 6.07) is 14.7. The largest absolute Gasteiger partial charge is 0.426 e. The number of anilines is 1. The van der Waals surface area contributed by atoms with Gasteiger partial charge in [-0.1, -0.05) is 30.3 Å². The smallest absolute Gasteiger partial charge is 0.315 e. The van der Waals surface area contributed by atoms with Crippen molar-refractivity contribution in [1.29, 1.82) is 0 Å². The number of benzene rings is 2. The van der Waals surface area contributed by atoms with Crippen LogP contribution in [0.3, 0.4) is 0 Å². The maximum Gasteiger partial charge on any atom is 0.315 e. The molecular formula is C15H15NO2. The fourth-order valence-electron chi connectivity index (χ4n) is 1.63. The third-order valence-corrected chi connectivity index (χ3v) is 2.65. The lowest BCUT2D eigenvalue weighted by molar-refractivity contribution is -0.133. The third kappa shape index (κ3) is 3.10. The Balaban J connectivity index is 2.01. The van der Waals surface area contributed by atoms with Gasteiger partial charge in [-0.25, -0.2) is 0 Å². The van der Waals surface area contributed by atoms with Crippen LogP contribution < -0.4 is 10.5 Å². The lowest BCUT2D eigenvalue weighted by Crippen LogP contribution is -2.11. The monoisotopic (exact) mass is 241 g/mol. The van der Waals surface area contributed by atoms with Gasteiger partial charge in [0, 0.05) is 5.69 Å². The number of nitrogen functional groups attached to an aromatic ring is 1. The molecule has 2 aromatic carbocycles. The predicted octanol–water partition coefficient (Wildman–Crippen LogP) is 2.73. The Hall–Kier alpha value is -2.29. The maximum atomic E-state index is 11.8. The van der Waals surface area contributed by atoms with Crippen LogP contribution in [0.5, 0.6) is 5.75 Å². The topological polar surface area (TPSA) is 52.3 Å². The second-order valence-electron chi connectivity index (χ2n) is 4.16. The number of para-hydroxylation sites is 1. The van der Waals surface area contributed by atoms with Gasteiger partial charge in [0.15, 0.2) is 0 Å². The highest BCUT2D eigenvalue weighted by molar-refractivity contribution is 5.75. The summed E-state index contributed by atoms with van der Waals surface area (Å²) < 4.78 is 5.31. The van der Waals surface area contributed by atoms with Crippen molar-refractivity contribution in [2.24, 2.45) is 0 Å². The Bertz CT molecular complexity index is 547. The van der Waals surface area contributed by atoms with Crippen molar-refractivity contribution in [2.45, 2.75) is 13.3 Å². The van der Waals surface area contributed by atoms with E-state index in [1.54, 1.807) is 18.2 Å². The van der Waals surface area contributed by atoms with Crippen LogP contribution in [-0.4, -0.2) is 5.97 Å². The number of hydrogen-bond donors (Lipinski definition) is 1. The molecule has 0 heterocycles. The SMILES string of the molecule is Cc1ccccc1OC(=O)Cc1ccc(N)cc1. The van der Waals surface area contributed by atoms with Gasteiger partial charge in [0.05, 0.1) is 6.42 Å². The minimum Gasteiger partial charge on any atom is -0.426 e. The van der Waals surface area contributed by atoms with Crippen molar-refractivity contribution in [3.05, 3.63) is 59.7 Å². The first kappa shape index (κ1) is 12.2. The van der Waals surface area contributed by atoms with E-state index in [0.717, 1.165) is 11.1 Å². The molecule has 2 aromatic rings. The van der Waals surface area contributed by atoms with E-state index < -0.39 is 0 Å². The molecule has 0 aromatic heterocycles. The van der Waals surface area contributed by atoms with Gasteiger partial charge in [0.2, 0.25) is 0 Å². The molecule has 92 valence electrons. The molecule has 0 radical (unpaired) electrons. The van der Waals surface area contributed by atoms with Crippen molar-refractivity contribution >= 4 is 11.7 Å². The van der Waals surface area contributed by atoms with Gasteiger partial charge >= 0.3 is 5.97 Å². The summed E-state index contributed by atoms with van der Waals surface area (Å²) in [5, 5.41) is 0. The molecule has 0 atom stereocenters. The zero-order valence-electron chi connectivity index (χ0n) is 10.2. The summed E-state index contributed by atoms with van der Waals surface area (Å²) in [4.78, 5) is 11.8. The van der Waals surface area contributed by atoms with E-state index in [2.05, 4.69) is 0 Å². The fourth-order valence-corrected chi connectivity index (χ4v) is 1.63. The quantitative estimate of drug-likeness (QED) is 0.510. The first-order valence-electron chi connectivity index (χ1n) is 5.76. The summed E-state index contributed by atoms with van der Waals surface area (Å²) >= 11 is 0. The Morgan fingerprint density at radius 3 is 2.44 bits per heavy atom. The molecule has 0 amide bonds. The van der Waals surface area contributed by atoms with Crippen LogP contribution in [0.1, 0.15) is 11.1 Å². The molecule has 2 N–H and O–H groups in total. The highest BCUT2D eigenvalue weighted by Gasteiger charge is 2.07. The van der Waals surface area contributed by atoms with Crippen molar-refractivity contribution in [3.63, 3.8) is 0 Å². The van der Waals surface area contributed by atoms with Crippen molar-refractivity contribution < 1.29 is 9.53 Å². The van der Waals surface area contributed by atoms with Crippen LogP contribution in [0.15, 0.2) is 48.5 Å². The highest BCUT2D eigenvalue weighted by atomic mass is 16.5. The van der Waals surface area contributed by atoms with Crippen LogP contribution in [0.25, 0.3) is 0 Å². The number of esters is 1. The van der Waals surface area contributed by atoms with Crippen molar-refractivity contribution in [3.8, 4) is 5.75 Å². The molecule has 3 heteroatoms. The fraction of sp³-hybridized carbons (Fsp3) is 0.133. The summed E-state index contributed by atoms with van der Waals surface area (Å²) in [5.74, 6) is 0.340. The van der Waals surface area contributed by atoms with E-state index in [4.69, 9.17) is 10.5 Å². The summed E-state index contributed by atoms with van der Waals surface area (Å²) in [6.07, 6.45) is 0.245. The average molecular weight is 241 g/mol. The number of hydrogen-bond acceptors (Lipinski definition) is 3. The maximum absolute atomic E-state index is 11.8. The van der Waals surface area contributed by atoms with Gasteiger partial charge in [-0.05, 0) is 36.2 Å². The van der Waals surface area contributed by atoms with Crippen molar-refractivity contribution in [1.82, 2.24) is 0 Å². The summed E-state index contributed by atoms with van der Waals surface area (Å²) in [5.41, 5.74) is 8.11. The molecule has 0 fully saturated rings. The number of aryl methyl sites for hydroxylation is 1. The second-order valence-corrected chi connectivity index (χ2v) is 4.16. The van der Waals surface area contributed by atoms with Gasteiger partial charge in [-0.15, -0.1) is 0 Å². The van der Waals surface area contributed by atoms with E-state index in [-0.39, 0.29) is 12.4 Å². The predicted molar refractivity (Wildman–Crippen MR) is 71.4 cm³/mol. The Kier molecular flexibility index (Phi) is 3.63. The van der Waals surface area contributed by atoms with Crippen molar-refractivity contribution in [2.75, 3.05) is 5.73 Å². The van der Waals surface area contributed by atoms with Crippen LogP contribution in [0.4, 0.5) is 5.69 Å². The Morgan fingerprint density at radius 1 is 1.11 bits per heavy atom. The molecule has 0 spiro atoms. The average Bonchev–Trinajstić information content (AvgIpc) is 2.35. The standard InChI is InChI=1S/C15H15NO2/c1-11-4-2-3-5-14(11)18-15(17)10-12-6-8-13(16)9-7-12/h2-9H,10,16H2,1H3. The molecule has 18 heavy (non-hydrogen) atoms. The molecule has 0 saturated heterocycles. The zero-order chi connectivity index (χ0) is 13.0. The lowest BCUT2D eigenvalue weighted by atomic mass is 10.1. The molecule has 0 bridgehead atoms. The number of nitrogens with two attached hydrogens (primary N) is 1. The van der Waals surface area contributed by atoms with Crippen LogP contribution in [-0.2, 0) is 11.2 Å². The van der Waals surface area contributed by atoms with Gasteiger partial charge in [-0.3, -0.25) is 4.79 Å². The van der Waals surface area contributed by atoms with Gasteiger partial charge < -0.3 is 10.5 Å². The molecule has 0 saturated carbocycles. The van der Waals surface area contributed by atoms with Crippen LogP contribution in [0, 0.1) is 6.92 Å². The lowest BCUT2D eigenvalue weighted by Gasteiger charge is -2.07. The first-order valence-corrected chi connectivity index (χ1v) is 5.76. The molecule has 3 nitrogen and oxygen atoms in total. The van der Waals surface area contributed by atoms with Gasteiger partial charge in [0.25, 0.3) is 0 Å². The van der Waals surface area contributed by atoms with Gasteiger partial charge in [0.1, 0.15) is 5.75 Å². The third-order valence-electron chi connectivity index (χ3n) is 2.65. The molecule has 0 aliphatic carbocycles. The minimum absolute atomic E-state index is 0.245. The molecule has 2 rings (SSSR count). The number of rotatable bonds is 3. The Labute approximate surface area is 106 Å². The van der Waals surface area contributed by atoms with E-state index in [1.807, 2.05) is 37.3 Å². The molecular weight excluding hydrogens is 226 g/mol. The number of carbonyl (C=O) groups is 1. The summed E-state index contributed by atoms with van der Waals surface area (Å²) in [7, 11) is 0. The summed E-state index contributed by atoms with van der Waals surface area (Å²) in [6.45, 7) is 1.91. The first-order chi connectivity index (χ1) is 8.65. The molecule has 0 aliphatic rings. The van der Waals surface area contributed by atoms with E-state index in [1.165, 1.54) is 0 Å². The number of ether oxygens (including phenoxy) is 1. The number of carbonyl (C=O) groups excluding carboxylic acids is 1. The minimum atomic E-state index is -0.269. The normalized spacial score (nSPS) is 10.1. The van der Waals surface area contributed by atoms with Crippen LogP contribution >= 0.6 is 0 Å². The molecule has 0 aliphatic heterocycles. The zero-order valence-corrected chi connectivity index (χ0v) is 10.2. The highest BCUT2D eigenvalue weighted by Crippen LogP contribution is 2.17. The second kappa shape index (κ2) is 5.36. The molecule has 0 unspecified atom stereocenters. The van der Waals surface area contributed by atoms with Crippen LogP contribution in [0.2, 0.25) is 0 Å². The van der Waals surface area contributed by atoms with Gasteiger partial charge in [-0.2, -0.15) is 0 Å². The van der Waals surface area contributed by atoms with E-state index in [9.17, 15) is 4.79 Å².